The van der Waals surface area contributed by atoms with Crippen molar-refractivity contribution in [2.45, 2.75) is 12.7 Å². The smallest absolute Gasteiger partial charge is 0.328 e. The number of amides is 1. The summed E-state index contributed by atoms with van der Waals surface area (Å²) < 4.78 is 43.6. The van der Waals surface area contributed by atoms with Crippen molar-refractivity contribution in [1.29, 1.82) is 0 Å². The molecule has 12 heteroatoms. The van der Waals surface area contributed by atoms with Crippen LogP contribution in [0.25, 0.3) is 16.8 Å². The van der Waals surface area contributed by atoms with Gasteiger partial charge in [-0.1, -0.05) is 0 Å². The van der Waals surface area contributed by atoms with E-state index in [1.165, 1.54) is 42.4 Å². The van der Waals surface area contributed by atoms with E-state index in [1.54, 1.807) is 17.0 Å². The average molecular weight is 390 g/mol. The average Bonchev–Trinajstić information content (AvgIpc) is 3.32. The molecule has 0 aromatic carbocycles. The quantitative estimate of drug-likeness (QED) is 0.575. The predicted octanol–water partition coefficient (Wildman–Crippen LogP) is 1.98. The molecule has 0 bridgehead atoms. The zero-order valence-corrected chi connectivity index (χ0v) is 14.4. The second-order valence-electron chi connectivity index (χ2n) is 6.00. The van der Waals surface area contributed by atoms with Crippen LogP contribution in [-0.4, -0.2) is 39.8 Å². The highest BCUT2D eigenvalue weighted by molar-refractivity contribution is 5.89. The highest BCUT2D eigenvalue weighted by atomic mass is 19.4. The fourth-order valence-corrected chi connectivity index (χ4v) is 2.71. The van der Waals surface area contributed by atoms with Crippen molar-refractivity contribution in [1.82, 2.24) is 33.9 Å². The van der Waals surface area contributed by atoms with Gasteiger partial charge in [-0.15, -0.1) is 5.10 Å². The Balaban J connectivity index is 1.61. The predicted molar refractivity (Wildman–Crippen MR) is 91.0 cm³/mol. The molecular formula is C16H13F3N8O. The van der Waals surface area contributed by atoms with Crippen LogP contribution in [0.2, 0.25) is 0 Å². The molecule has 0 spiro atoms. The van der Waals surface area contributed by atoms with E-state index in [0.29, 0.717) is 5.65 Å². The first-order valence-corrected chi connectivity index (χ1v) is 8.03. The normalized spacial score (nSPS) is 11.9. The summed E-state index contributed by atoms with van der Waals surface area (Å²) in [5, 5.41) is 10.1. The molecule has 28 heavy (non-hydrogen) atoms. The van der Waals surface area contributed by atoms with Crippen molar-refractivity contribution in [3.63, 3.8) is 0 Å². The highest BCUT2D eigenvalue weighted by Crippen LogP contribution is 2.35. The highest BCUT2D eigenvalue weighted by Gasteiger charge is 2.37. The molecule has 144 valence electrons. The van der Waals surface area contributed by atoms with Crippen LogP contribution in [0.15, 0.2) is 43.2 Å². The summed E-state index contributed by atoms with van der Waals surface area (Å²) in [5.41, 5.74) is -0.408. The van der Waals surface area contributed by atoms with E-state index in [2.05, 4.69) is 25.5 Å². The Morgan fingerprint density at radius 3 is 2.75 bits per heavy atom. The van der Waals surface area contributed by atoms with Crippen LogP contribution in [0.4, 0.5) is 19.1 Å². The van der Waals surface area contributed by atoms with Gasteiger partial charge in [0.2, 0.25) is 11.9 Å². The number of nitrogens with zero attached hydrogens (tertiary/aromatic N) is 7. The van der Waals surface area contributed by atoms with Gasteiger partial charge in [-0.3, -0.25) is 14.8 Å². The lowest BCUT2D eigenvalue weighted by Gasteiger charge is -2.06. The monoisotopic (exact) mass is 390 g/mol. The minimum Gasteiger partial charge on any atom is -0.328 e. The van der Waals surface area contributed by atoms with E-state index in [-0.39, 0.29) is 29.5 Å². The number of carbonyl (C=O) groups excluding carboxylic acids is 1. The topological polar surface area (TPSA) is 94.9 Å². The van der Waals surface area contributed by atoms with Gasteiger partial charge >= 0.3 is 6.18 Å². The zero-order chi connectivity index (χ0) is 19.9. The molecule has 0 aliphatic heterocycles. The zero-order valence-electron chi connectivity index (χ0n) is 14.4. The van der Waals surface area contributed by atoms with Gasteiger partial charge < -0.3 is 4.57 Å². The Bertz CT molecular complexity index is 1140. The first-order valence-electron chi connectivity index (χ1n) is 8.03. The standard InChI is InChI=1S/C16H13F3N8O/c1-25-7-11(14(23-25)16(17,18)19)10-2-3-12-21-15(24-27(12)6-10)22-13(28)8-26-5-4-20-9-26/h2-7,9H,8H2,1H3,(H,22,24,28). The summed E-state index contributed by atoms with van der Waals surface area (Å²) in [4.78, 5) is 20.0. The second-order valence-corrected chi connectivity index (χ2v) is 6.00. The molecule has 1 amide bonds. The van der Waals surface area contributed by atoms with Crippen LogP contribution >= 0.6 is 0 Å². The fraction of sp³-hybridized carbons (Fsp3) is 0.188. The third-order valence-corrected chi connectivity index (χ3v) is 3.88. The third kappa shape index (κ3) is 3.43. The lowest BCUT2D eigenvalue weighted by molar-refractivity contribution is -0.141. The van der Waals surface area contributed by atoms with Crippen LogP contribution in [0, 0.1) is 0 Å². The number of hydrogen-bond donors (Lipinski definition) is 1. The number of halogens is 3. The molecule has 0 aliphatic carbocycles. The van der Waals surface area contributed by atoms with Gasteiger partial charge in [0.15, 0.2) is 11.3 Å². The van der Waals surface area contributed by atoms with Gasteiger partial charge in [0.25, 0.3) is 0 Å². The number of imidazole rings is 1. The van der Waals surface area contributed by atoms with Crippen molar-refractivity contribution in [3.05, 3.63) is 48.9 Å². The van der Waals surface area contributed by atoms with Gasteiger partial charge in [0, 0.05) is 43.0 Å². The number of fused-ring (bicyclic) bond motifs is 1. The molecule has 1 N–H and O–H groups in total. The second kappa shape index (κ2) is 6.48. The number of anilines is 1. The van der Waals surface area contributed by atoms with Crippen LogP contribution in [-0.2, 0) is 24.6 Å². The molecule has 4 aromatic heterocycles. The van der Waals surface area contributed by atoms with E-state index < -0.39 is 11.9 Å². The van der Waals surface area contributed by atoms with E-state index >= 15 is 0 Å². The molecule has 9 nitrogen and oxygen atoms in total. The van der Waals surface area contributed by atoms with Gasteiger partial charge in [0.1, 0.15) is 6.54 Å². The van der Waals surface area contributed by atoms with E-state index in [9.17, 15) is 18.0 Å². The van der Waals surface area contributed by atoms with Crippen molar-refractivity contribution in [2.75, 3.05) is 5.32 Å². The maximum Gasteiger partial charge on any atom is 0.435 e. The summed E-state index contributed by atoms with van der Waals surface area (Å²) in [6.45, 7) is 0.0332. The molecule has 0 radical (unpaired) electrons. The van der Waals surface area contributed by atoms with E-state index in [0.717, 1.165) is 4.68 Å². The van der Waals surface area contributed by atoms with Crippen LogP contribution < -0.4 is 5.32 Å². The summed E-state index contributed by atoms with van der Waals surface area (Å²) in [5.74, 6) is -0.315. The summed E-state index contributed by atoms with van der Waals surface area (Å²) in [6.07, 6.45) is 2.78. The molecule has 0 fully saturated rings. The Labute approximate surface area is 155 Å². The van der Waals surface area contributed by atoms with Gasteiger partial charge in [-0.05, 0) is 12.1 Å². The van der Waals surface area contributed by atoms with Crippen LogP contribution in [0.3, 0.4) is 0 Å². The van der Waals surface area contributed by atoms with Crippen LogP contribution in [0.1, 0.15) is 5.69 Å². The number of aromatic nitrogens is 7. The van der Waals surface area contributed by atoms with Gasteiger partial charge in [-0.25, -0.2) is 9.50 Å². The largest absolute Gasteiger partial charge is 0.435 e. The molecule has 0 atom stereocenters. The van der Waals surface area contributed by atoms with Crippen molar-refractivity contribution in [3.8, 4) is 11.1 Å². The maximum atomic E-state index is 13.2. The molecule has 0 saturated heterocycles. The fourth-order valence-electron chi connectivity index (χ4n) is 2.71. The first kappa shape index (κ1) is 17.7. The van der Waals surface area contributed by atoms with Crippen LogP contribution in [0.5, 0.6) is 0 Å². The van der Waals surface area contributed by atoms with E-state index in [1.807, 2.05) is 0 Å². The molecule has 4 rings (SSSR count). The van der Waals surface area contributed by atoms with Gasteiger partial charge in [0.05, 0.1) is 6.33 Å². The van der Waals surface area contributed by atoms with Crippen molar-refractivity contribution in [2.24, 2.45) is 7.05 Å². The minimum atomic E-state index is -4.58. The minimum absolute atomic E-state index is 0.0332. The molecule has 0 unspecified atom stereocenters. The Morgan fingerprint density at radius 1 is 1.21 bits per heavy atom. The lowest BCUT2D eigenvalue weighted by atomic mass is 10.1. The number of carbonyl (C=O) groups is 1. The number of pyridine rings is 1. The lowest BCUT2D eigenvalue weighted by Crippen LogP contribution is -2.18. The summed E-state index contributed by atoms with van der Waals surface area (Å²) in [6, 6.07) is 3.01. The Kier molecular flexibility index (Phi) is 4.09. The number of nitrogens with one attached hydrogen (secondary N) is 1. The summed E-state index contributed by atoms with van der Waals surface area (Å²) in [7, 11) is 1.42. The number of rotatable bonds is 4. The Hall–Kier alpha value is -3.70. The summed E-state index contributed by atoms with van der Waals surface area (Å²) >= 11 is 0. The number of aryl methyl sites for hydroxylation is 1. The van der Waals surface area contributed by atoms with Crippen molar-refractivity contribution >= 4 is 17.5 Å². The number of hydrogen-bond acceptors (Lipinski definition) is 5. The number of alkyl halides is 3. The maximum absolute atomic E-state index is 13.2. The molecular weight excluding hydrogens is 377 g/mol. The molecule has 4 heterocycles. The van der Waals surface area contributed by atoms with E-state index in [4.69, 9.17) is 0 Å². The van der Waals surface area contributed by atoms with Gasteiger partial charge in [-0.2, -0.15) is 23.3 Å². The third-order valence-electron chi connectivity index (χ3n) is 3.88. The SMILES string of the molecule is Cn1cc(-c2ccc3nc(NC(=O)Cn4ccnc4)nn3c2)c(C(F)(F)F)n1. The Morgan fingerprint density at radius 2 is 2.04 bits per heavy atom. The molecule has 0 aliphatic rings. The molecule has 0 saturated carbocycles. The van der Waals surface area contributed by atoms with Crippen molar-refractivity contribution < 1.29 is 18.0 Å². The first-order chi connectivity index (χ1) is 13.3. The molecule has 4 aromatic rings.